The van der Waals surface area contributed by atoms with Crippen LogP contribution >= 0.6 is 0 Å². The normalized spacial score (nSPS) is 13.8. The number of aliphatic hydroxyl groups is 1. The summed E-state index contributed by atoms with van der Waals surface area (Å²) < 4.78 is 5.10. The van der Waals surface area contributed by atoms with Gasteiger partial charge in [0.25, 0.3) is 0 Å². The molecule has 0 radical (unpaired) electrons. The second kappa shape index (κ2) is 21.2. The van der Waals surface area contributed by atoms with Crippen molar-refractivity contribution < 1.29 is 9.84 Å². The fraction of sp³-hybridized carbons (Fsp3) is 1.00. The van der Waals surface area contributed by atoms with E-state index >= 15 is 0 Å². The third-order valence-corrected chi connectivity index (χ3v) is 5.35. The first-order valence-electron chi connectivity index (χ1n) is 11.6. The van der Waals surface area contributed by atoms with Crippen LogP contribution in [0.1, 0.15) is 117 Å². The third-order valence-electron chi connectivity index (χ3n) is 5.35. The fourth-order valence-electron chi connectivity index (χ4n) is 3.66. The van der Waals surface area contributed by atoms with E-state index in [1.165, 1.54) is 103 Å². The lowest BCUT2D eigenvalue weighted by atomic mass is 10.0. The van der Waals surface area contributed by atoms with Crippen LogP contribution in [0.3, 0.4) is 0 Å². The van der Waals surface area contributed by atoms with Crippen molar-refractivity contribution >= 4 is 0 Å². The number of unbranched alkanes of at least 4 members (excludes halogenated alkanes) is 14. The fourth-order valence-corrected chi connectivity index (χ4v) is 3.66. The summed E-state index contributed by atoms with van der Waals surface area (Å²) >= 11 is 0. The number of hydrogen-bond acceptors (Lipinski definition) is 3. The van der Waals surface area contributed by atoms with Crippen molar-refractivity contribution in [1.82, 2.24) is 5.32 Å². The molecule has 0 aromatic rings. The van der Waals surface area contributed by atoms with Gasteiger partial charge in [-0.2, -0.15) is 0 Å². The molecule has 3 nitrogen and oxygen atoms in total. The van der Waals surface area contributed by atoms with Gasteiger partial charge in [-0.05, 0) is 13.3 Å². The van der Waals surface area contributed by atoms with Crippen molar-refractivity contribution in [3.05, 3.63) is 0 Å². The van der Waals surface area contributed by atoms with Crippen molar-refractivity contribution in [2.75, 3.05) is 20.3 Å². The molecule has 0 bridgehead atoms. The number of methoxy groups -OCH3 is 1. The molecule has 0 aliphatic heterocycles. The Morgan fingerprint density at radius 3 is 1.54 bits per heavy atom. The SMILES string of the molecule is CCCCCCCCCCCCCCCCCC(C)NC(CO)COC. The molecule has 0 aliphatic carbocycles. The first-order valence-corrected chi connectivity index (χ1v) is 11.6. The Morgan fingerprint density at radius 2 is 1.15 bits per heavy atom. The Hall–Kier alpha value is -0.120. The molecule has 0 aliphatic rings. The summed E-state index contributed by atoms with van der Waals surface area (Å²) in [4.78, 5) is 0. The molecule has 0 amide bonds. The van der Waals surface area contributed by atoms with Crippen LogP contribution in [0.5, 0.6) is 0 Å². The molecule has 0 spiro atoms. The van der Waals surface area contributed by atoms with E-state index in [9.17, 15) is 5.11 Å². The highest BCUT2D eigenvalue weighted by molar-refractivity contribution is 4.70. The van der Waals surface area contributed by atoms with Gasteiger partial charge >= 0.3 is 0 Å². The Bertz CT molecular complexity index is 261. The van der Waals surface area contributed by atoms with Gasteiger partial charge in [0.15, 0.2) is 0 Å². The summed E-state index contributed by atoms with van der Waals surface area (Å²) in [5.41, 5.74) is 0. The lowest BCUT2D eigenvalue weighted by Crippen LogP contribution is -2.41. The highest BCUT2D eigenvalue weighted by Gasteiger charge is 2.10. The quantitative estimate of drug-likeness (QED) is 0.235. The molecule has 0 saturated heterocycles. The highest BCUT2D eigenvalue weighted by atomic mass is 16.5. The zero-order valence-electron chi connectivity index (χ0n) is 18.2. The van der Waals surface area contributed by atoms with Gasteiger partial charge in [-0.1, -0.05) is 103 Å². The van der Waals surface area contributed by atoms with E-state index < -0.39 is 0 Å². The van der Waals surface area contributed by atoms with Gasteiger partial charge in [-0.3, -0.25) is 0 Å². The van der Waals surface area contributed by atoms with Crippen LogP contribution in [-0.2, 0) is 4.74 Å². The maximum atomic E-state index is 9.27. The van der Waals surface area contributed by atoms with Crippen molar-refractivity contribution in [3.63, 3.8) is 0 Å². The molecule has 158 valence electrons. The number of rotatable bonds is 21. The molecular formula is C23H49NO2. The molecular weight excluding hydrogens is 322 g/mol. The number of nitrogens with one attached hydrogen (secondary N) is 1. The maximum absolute atomic E-state index is 9.27. The Morgan fingerprint density at radius 1 is 0.731 bits per heavy atom. The summed E-state index contributed by atoms with van der Waals surface area (Å²) in [5, 5.41) is 12.7. The number of hydrogen-bond donors (Lipinski definition) is 2. The van der Waals surface area contributed by atoms with E-state index in [2.05, 4.69) is 19.2 Å². The van der Waals surface area contributed by atoms with Gasteiger partial charge < -0.3 is 15.2 Å². The van der Waals surface area contributed by atoms with Crippen LogP contribution in [0.25, 0.3) is 0 Å². The standard InChI is InChI=1S/C23H49NO2/c1-4-5-6-7-8-9-10-11-12-13-14-15-16-17-18-19-22(2)24-23(20-25)21-26-3/h22-25H,4-21H2,1-3H3. The van der Waals surface area contributed by atoms with Crippen LogP contribution in [0.15, 0.2) is 0 Å². The summed E-state index contributed by atoms with van der Waals surface area (Å²) in [7, 11) is 1.68. The lowest BCUT2D eigenvalue weighted by Gasteiger charge is -2.21. The van der Waals surface area contributed by atoms with Crippen LogP contribution in [-0.4, -0.2) is 37.5 Å². The van der Waals surface area contributed by atoms with Crippen LogP contribution in [0.4, 0.5) is 0 Å². The molecule has 0 saturated carbocycles. The van der Waals surface area contributed by atoms with E-state index in [1.807, 2.05) is 0 Å². The second-order valence-electron chi connectivity index (χ2n) is 8.14. The molecule has 0 fully saturated rings. The van der Waals surface area contributed by atoms with Gasteiger partial charge in [0.1, 0.15) is 0 Å². The molecule has 2 unspecified atom stereocenters. The van der Waals surface area contributed by atoms with E-state index in [0.717, 1.165) is 0 Å². The minimum Gasteiger partial charge on any atom is -0.395 e. The smallest absolute Gasteiger partial charge is 0.0638 e. The monoisotopic (exact) mass is 371 g/mol. The van der Waals surface area contributed by atoms with E-state index in [-0.39, 0.29) is 12.6 Å². The largest absolute Gasteiger partial charge is 0.395 e. The van der Waals surface area contributed by atoms with E-state index in [4.69, 9.17) is 4.74 Å². The van der Waals surface area contributed by atoms with Gasteiger partial charge in [-0.25, -0.2) is 0 Å². The highest BCUT2D eigenvalue weighted by Crippen LogP contribution is 2.14. The van der Waals surface area contributed by atoms with Crippen molar-refractivity contribution in [3.8, 4) is 0 Å². The first-order chi connectivity index (χ1) is 12.7. The van der Waals surface area contributed by atoms with Crippen LogP contribution in [0, 0.1) is 0 Å². The molecule has 0 rings (SSSR count). The van der Waals surface area contributed by atoms with E-state index in [1.54, 1.807) is 7.11 Å². The van der Waals surface area contributed by atoms with Crippen molar-refractivity contribution in [2.45, 2.75) is 129 Å². The van der Waals surface area contributed by atoms with Gasteiger partial charge in [0.2, 0.25) is 0 Å². The van der Waals surface area contributed by atoms with Crippen LogP contribution < -0.4 is 5.32 Å². The minimum atomic E-state index is 0.0753. The molecule has 0 heterocycles. The Kier molecular flexibility index (Phi) is 21.1. The summed E-state index contributed by atoms with van der Waals surface area (Å²) in [5.74, 6) is 0. The summed E-state index contributed by atoms with van der Waals surface area (Å²) in [6.07, 6.45) is 22.4. The first kappa shape index (κ1) is 25.9. The lowest BCUT2D eigenvalue weighted by molar-refractivity contribution is 0.122. The van der Waals surface area contributed by atoms with Gasteiger partial charge in [0.05, 0.1) is 19.3 Å². The average molecular weight is 372 g/mol. The minimum absolute atomic E-state index is 0.0753. The Balaban J connectivity index is 3.21. The Labute approximate surface area is 164 Å². The number of aliphatic hydroxyl groups excluding tert-OH is 1. The molecule has 26 heavy (non-hydrogen) atoms. The zero-order chi connectivity index (χ0) is 19.3. The second-order valence-corrected chi connectivity index (χ2v) is 8.14. The molecule has 3 heteroatoms. The van der Waals surface area contributed by atoms with Crippen molar-refractivity contribution in [1.29, 1.82) is 0 Å². The van der Waals surface area contributed by atoms with Crippen molar-refractivity contribution in [2.24, 2.45) is 0 Å². The predicted octanol–water partition coefficient (Wildman–Crippen LogP) is 6.23. The molecule has 2 N–H and O–H groups in total. The van der Waals surface area contributed by atoms with Crippen LogP contribution in [0.2, 0.25) is 0 Å². The summed E-state index contributed by atoms with van der Waals surface area (Å²) in [6.45, 7) is 5.23. The summed E-state index contributed by atoms with van der Waals surface area (Å²) in [6, 6.07) is 0.538. The third kappa shape index (κ3) is 18.7. The maximum Gasteiger partial charge on any atom is 0.0638 e. The van der Waals surface area contributed by atoms with E-state index in [0.29, 0.717) is 12.6 Å². The zero-order valence-corrected chi connectivity index (χ0v) is 18.2. The molecule has 0 aromatic heterocycles. The topological polar surface area (TPSA) is 41.5 Å². The van der Waals surface area contributed by atoms with Gasteiger partial charge in [-0.15, -0.1) is 0 Å². The molecule has 0 aromatic carbocycles. The molecule has 2 atom stereocenters. The van der Waals surface area contributed by atoms with Gasteiger partial charge in [0, 0.05) is 13.2 Å². The predicted molar refractivity (Wildman–Crippen MR) is 115 cm³/mol. The number of ether oxygens (including phenoxy) is 1. The average Bonchev–Trinajstić information content (AvgIpc) is 2.64.